The van der Waals surface area contributed by atoms with Gasteiger partial charge in [0, 0.05) is 19.5 Å². The van der Waals surface area contributed by atoms with Crippen molar-refractivity contribution >= 4 is 0 Å². The van der Waals surface area contributed by atoms with Crippen LogP contribution in [0.2, 0.25) is 0 Å². The second kappa shape index (κ2) is 245. The Kier molecular flexibility index (Phi) is 695. The molecular weight excluding hydrogens is 425 g/mol. The maximum Gasteiger partial charge on any atom is 1.00 e. The van der Waals surface area contributed by atoms with Crippen molar-refractivity contribution in [3.05, 3.63) is 60.7 Å². The summed E-state index contributed by atoms with van der Waals surface area (Å²) in [6.45, 7) is 0. The topological polar surface area (TPSA) is 315 Å². The fraction of sp³-hybridized carbons (Fsp3) is 0. The van der Waals surface area contributed by atoms with Crippen LogP contribution in [0.1, 0.15) is 0 Å². The van der Waals surface area contributed by atoms with Gasteiger partial charge in [0.05, 0.1) is 0 Å². The van der Waals surface area contributed by atoms with Gasteiger partial charge in [-0.15, -0.1) is 32.0 Å². The first-order chi connectivity index (χ1) is 8.49. The van der Waals surface area contributed by atoms with E-state index in [1.807, 2.05) is 0 Å². The molecule has 0 atom stereocenters. The van der Waals surface area contributed by atoms with Crippen LogP contribution in [-0.2, 0) is 19.5 Å². The predicted molar refractivity (Wildman–Crippen MR) is 55.0 cm³/mol. The second-order valence-corrected chi connectivity index (χ2v) is 0.447. The van der Waals surface area contributed by atoms with E-state index in [-0.39, 0.29) is 78.6 Å². The number of hydrogen-bond donors (Lipinski definition) is 0. The van der Waals surface area contributed by atoms with Crippen LogP contribution in [0.5, 0.6) is 0 Å². The third-order valence-electron chi connectivity index (χ3n) is 0. The standard InChI is InChI=1S/6HNO2.2Na.Rh/c6*2-1-3;;;/h6*(H,2,3);;;/q;;;;;;2*+1;/p-6. The van der Waals surface area contributed by atoms with Gasteiger partial charge in [0.1, 0.15) is 0 Å². The average molecular weight is 425 g/mol. The minimum atomic E-state index is 0. The van der Waals surface area contributed by atoms with Crippen molar-refractivity contribution in [2.45, 2.75) is 0 Å². The van der Waals surface area contributed by atoms with Crippen LogP contribution >= 0.6 is 0 Å². The molecule has 0 N–H and O–H groups in total. The van der Waals surface area contributed by atoms with Crippen molar-refractivity contribution in [2.24, 2.45) is 32.0 Å². The van der Waals surface area contributed by atoms with Gasteiger partial charge in [0.2, 0.25) is 0 Å². The summed E-state index contributed by atoms with van der Waals surface area (Å²) in [5, 5.41) is 54.0. The van der Waals surface area contributed by atoms with Crippen LogP contribution in [0.25, 0.3) is 0 Å². The molecular formula is N6Na2O12Rh-4. The van der Waals surface area contributed by atoms with Gasteiger partial charge < -0.3 is 60.7 Å². The maximum absolute atomic E-state index is 8.00. The minimum Gasteiger partial charge on any atom is -0.444 e. The minimum absolute atomic E-state index is 0. The van der Waals surface area contributed by atoms with Crippen molar-refractivity contribution in [2.75, 3.05) is 0 Å². The molecule has 0 aliphatic carbocycles. The fourth-order valence-electron chi connectivity index (χ4n) is 0. The van der Waals surface area contributed by atoms with Crippen LogP contribution in [0, 0.1) is 60.7 Å². The third-order valence-corrected chi connectivity index (χ3v) is 0. The normalized spacial score (nSPS) is 3.43. The van der Waals surface area contributed by atoms with E-state index < -0.39 is 0 Å². The molecule has 0 saturated carbocycles. The van der Waals surface area contributed by atoms with Crippen molar-refractivity contribution < 1.29 is 78.6 Å². The Morgan fingerprint density at radius 3 is 0.381 bits per heavy atom. The molecule has 0 aromatic rings. The maximum atomic E-state index is 8.00. The zero-order chi connectivity index (χ0) is 16.2. The van der Waals surface area contributed by atoms with Crippen molar-refractivity contribution in [3.63, 3.8) is 0 Å². The van der Waals surface area contributed by atoms with Crippen molar-refractivity contribution in [3.8, 4) is 0 Å². The number of rotatable bonds is 0. The summed E-state index contributed by atoms with van der Waals surface area (Å²) in [6.07, 6.45) is 0. The molecule has 0 heterocycles. The molecule has 117 valence electrons. The summed E-state index contributed by atoms with van der Waals surface area (Å²) in [4.78, 5) is 48.0. The Labute approximate surface area is 170 Å². The zero-order valence-corrected chi connectivity index (χ0v) is 15.6. The average Bonchev–Trinajstić information content (AvgIpc) is 2.23. The molecule has 21 heteroatoms. The number of nitrogens with zero attached hydrogens (tertiary/aromatic N) is 6. The molecule has 18 nitrogen and oxygen atoms in total. The summed E-state index contributed by atoms with van der Waals surface area (Å²) in [7, 11) is 0. The predicted octanol–water partition coefficient (Wildman–Crippen LogP) is -4.49. The van der Waals surface area contributed by atoms with Gasteiger partial charge in [-0.1, -0.05) is 0 Å². The Hall–Kier alpha value is -0.977. The summed E-state index contributed by atoms with van der Waals surface area (Å²) in [5.41, 5.74) is 0. The molecule has 21 heavy (non-hydrogen) atoms. The van der Waals surface area contributed by atoms with Gasteiger partial charge in [-0.25, -0.2) is 0 Å². The summed E-state index contributed by atoms with van der Waals surface area (Å²) >= 11 is 0. The third kappa shape index (κ3) is 5780. The Morgan fingerprint density at radius 2 is 0.381 bits per heavy atom. The second-order valence-electron chi connectivity index (χ2n) is 0.447. The molecule has 0 bridgehead atoms. The Bertz CT molecular complexity index is 123. The molecule has 0 amide bonds. The Morgan fingerprint density at radius 1 is 0.381 bits per heavy atom. The van der Waals surface area contributed by atoms with Gasteiger partial charge in [0.15, 0.2) is 0 Å². The molecule has 0 saturated heterocycles. The van der Waals surface area contributed by atoms with E-state index in [1.165, 1.54) is 0 Å². The molecule has 0 fully saturated rings. The zero-order valence-electron chi connectivity index (χ0n) is 9.92. The van der Waals surface area contributed by atoms with Gasteiger partial charge in [-0.3, -0.25) is 0 Å². The monoisotopic (exact) mass is 425 g/mol. The van der Waals surface area contributed by atoms with E-state index in [4.69, 9.17) is 60.7 Å². The van der Waals surface area contributed by atoms with Crippen LogP contribution in [0.4, 0.5) is 0 Å². The quantitative estimate of drug-likeness (QED) is 0.201. The van der Waals surface area contributed by atoms with Crippen molar-refractivity contribution in [1.82, 2.24) is 0 Å². The van der Waals surface area contributed by atoms with Gasteiger partial charge >= 0.3 is 59.1 Å². The first-order valence-corrected chi connectivity index (χ1v) is 2.19. The molecule has 0 rings (SSSR count). The summed E-state index contributed by atoms with van der Waals surface area (Å²) < 4.78 is 0. The van der Waals surface area contributed by atoms with Crippen LogP contribution in [-0.4, -0.2) is 0 Å². The van der Waals surface area contributed by atoms with Gasteiger partial charge in [-0.05, 0) is 0 Å². The first kappa shape index (κ1) is 59.6. The van der Waals surface area contributed by atoms with E-state index in [9.17, 15) is 0 Å². The molecule has 0 unspecified atom stereocenters. The smallest absolute Gasteiger partial charge is 0.444 e. The fourth-order valence-corrected chi connectivity index (χ4v) is 0. The van der Waals surface area contributed by atoms with Crippen LogP contribution < -0.4 is 59.1 Å². The van der Waals surface area contributed by atoms with Crippen molar-refractivity contribution in [1.29, 1.82) is 0 Å². The van der Waals surface area contributed by atoms with Gasteiger partial charge in [0.25, 0.3) is 0 Å². The molecule has 0 spiro atoms. The Balaban J connectivity index is -0.0000000114. The van der Waals surface area contributed by atoms with Crippen LogP contribution in [0.3, 0.4) is 0 Å². The van der Waals surface area contributed by atoms with Gasteiger partial charge in [-0.2, -0.15) is 0 Å². The van der Waals surface area contributed by atoms with E-state index in [0.717, 1.165) is 32.0 Å². The molecule has 1 radical (unpaired) electrons. The number of hydrogen-bond acceptors (Lipinski definition) is 18. The molecule has 0 aromatic heterocycles. The molecule has 0 aromatic carbocycles. The summed E-state index contributed by atoms with van der Waals surface area (Å²) in [6, 6.07) is 0. The molecule has 0 aliphatic rings. The largest absolute Gasteiger partial charge is 1.00 e. The van der Waals surface area contributed by atoms with E-state index in [1.54, 1.807) is 0 Å². The van der Waals surface area contributed by atoms with Crippen LogP contribution in [0.15, 0.2) is 32.0 Å². The summed E-state index contributed by atoms with van der Waals surface area (Å²) in [5.74, 6) is 0. The van der Waals surface area contributed by atoms with E-state index in [2.05, 4.69) is 0 Å². The van der Waals surface area contributed by atoms with E-state index in [0.29, 0.717) is 0 Å². The molecule has 0 aliphatic heterocycles. The first-order valence-electron chi connectivity index (χ1n) is 2.19. The SMILES string of the molecule is O=N[O-].O=N[O-].O=N[O-].O=N[O-].O=N[O-].O=N[O-].[Na+].[Na+].[Rh]. The van der Waals surface area contributed by atoms with E-state index >= 15 is 0 Å².